The fourth-order valence-corrected chi connectivity index (χ4v) is 3.19. The van der Waals surface area contributed by atoms with Crippen LogP contribution in [0.1, 0.15) is 44.4 Å². The molecule has 1 saturated heterocycles. The molecule has 2 rings (SSSR count). The van der Waals surface area contributed by atoms with E-state index < -0.39 is 0 Å². The predicted octanol–water partition coefficient (Wildman–Crippen LogP) is 2.41. The topological polar surface area (TPSA) is 64.9 Å². The summed E-state index contributed by atoms with van der Waals surface area (Å²) in [6, 6.07) is -0.116. The highest BCUT2D eigenvalue weighted by atomic mass is 32.2. The highest BCUT2D eigenvalue weighted by molar-refractivity contribution is 7.99. The molecule has 0 aliphatic carbocycles. The van der Waals surface area contributed by atoms with Crippen LogP contribution in [0.25, 0.3) is 0 Å². The third-order valence-electron chi connectivity index (χ3n) is 3.30. The average Bonchev–Trinajstić information content (AvgIpc) is 2.77. The lowest BCUT2D eigenvalue weighted by atomic mass is 9.99. The van der Waals surface area contributed by atoms with Gasteiger partial charge < -0.3 is 10.3 Å². The average molecular weight is 255 g/mol. The summed E-state index contributed by atoms with van der Waals surface area (Å²) in [7, 11) is 0. The van der Waals surface area contributed by atoms with Gasteiger partial charge in [-0.25, -0.2) is 0 Å². The molecule has 96 valence electrons. The Bertz CT molecular complexity index is 347. The fraction of sp³-hybridized carbons (Fsp3) is 0.833. The van der Waals surface area contributed by atoms with Gasteiger partial charge in [0, 0.05) is 6.42 Å². The molecular formula is C12H21N3OS. The van der Waals surface area contributed by atoms with Crippen molar-refractivity contribution < 1.29 is 4.52 Å². The zero-order valence-corrected chi connectivity index (χ0v) is 11.4. The van der Waals surface area contributed by atoms with Crippen LogP contribution in [0, 0.1) is 11.8 Å². The van der Waals surface area contributed by atoms with Crippen LogP contribution in [-0.2, 0) is 6.42 Å². The summed E-state index contributed by atoms with van der Waals surface area (Å²) in [6.07, 6.45) is 3.44. The Kier molecular flexibility index (Phi) is 4.45. The summed E-state index contributed by atoms with van der Waals surface area (Å²) in [6.45, 7) is 4.14. The summed E-state index contributed by atoms with van der Waals surface area (Å²) >= 11 is 2.04. The van der Waals surface area contributed by atoms with Gasteiger partial charge in [0.2, 0.25) is 5.89 Å². The van der Waals surface area contributed by atoms with E-state index in [-0.39, 0.29) is 6.04 Å². The van der Waals surface area contributed by atoms with Crippen molar-refractivity contribution in [1.29, 1.82) is 0 Å². The van der Waals surface area contributed by atoms with Crippen LogP contribution in [-0.4, -0.2) is 21.6 Å². The van der Waals surface area contributed by atoms with Crippen molar-refractivity contribution in [3.05, 3.63) is 11.7 Å². The van der Waals surface area contributed by atoms with Gasteiger partial charge in [-0.1, -0.05) is 19.0 Å². The van der Waals surface area contributed by atoms with Crippen molar-refractivity contribution >= 4 is 11.8 Å². The van der Waals surface area contributed by atoms with Crippen LogP contribution in [0.2, 0.25) is 0 Å². The van der Waals surface area contributed by atoms with Crippen LogP contribution < -0.4 is 5.73 Å². The molecular weight excluding hydrogens is 234 g/mol. The standard InChI is InChI=1S/C12H21N3OS/c1-8(2)11(13)12-14-10(16-15-12)7-9-3-5-17-6-4-9/h8-9,11H,3-7,13H2,1-2H3. The molecule has 1 aliphatic heterocycles. The number of rotatable bonds is 4. The van der Waals surface area contributed by atoms with Crippen molar-refractivity contribution in [1.82, 2.24) is 10.1 Å². The SMILES string of the molecule is CC(C)C(N)c1noc(CC2CCSCC2)n1. The van der Waals surface area contributed by atoms with E-state index in [2.05, 4.69) is 24.0 Å². The molecule has 17 heavy (non-hydrogen) atoms. The summed E-state index contributed by atoms with van der Waals surface area (Å²) in [5, 5.41) is 3.99. The molecule has 0 radical (unpaired) electrons. The Hall–Kier alpha value is -0.550. The van der Waals surface area contributed by atoms with Crippen LogP contribution in [0.5, 0.6) is 0 Å². The van der Waals surface area contributed by atoms with E-state index in [0.29, 0.717) is 17.7 Å². The fourth-order valence-electron chi connectivity index (χ4n) is 1.98. The summed E-state index contributed by atoms with van der Waals surface area (Å²) in [5.74, 6) is 4.98. The molecule has 2 heterocycles. The van der Waals surface area contributed by atoms with Crippen LogP contribution in [0.3, 0.4) is 0 Å². The molecule has 1 aromatic rings. The number of hydrogen-bond acceptors (Lipinski definition) is 5. The molecule has 0 bridgehead atoms. The lowest BCUT2D eigenvalue weighted by Crippen LogP contribution is -2.18. The van der Waals surface area contributed by atoms with E-state index in [1.807, 2.05) is 11.8 Å². The molecule has 1 atom stereocenters. The zero-order chi connectivity index (χ0) is 12.3. The van der Waals surface area contributed by atoms with Crippen LogP contribution in [0.4, 0.5) is 0 Å². The van der Waals surface area contributed by atoms with E-state index in [1.165, 1.54) is 24.3 Å². The third-order valence-corrected chi connectivity index (χ3v) is 4.35. The molecule has 0 amide bonds. The molecule has 4 nitrogen and oxygen atoms in total. The first kappa shape index (κ1) is 12.9. The molecule has 0 saturated carbocycles. The molecule has 0 spiro atoms. The minimum atomic E-state index is -0.116. The molecule has 2 N–H and O–H groups in total. The molecule has 1 aromatic heterocycles. The van der Waals surface area contributed by atoms with E-state index in [4.69, 9.17) is 10.3 Å². The quantitative estimate of drug-likeness (QED) is 0.895. The Morgan fingerprint density at radius 2 is 2.12 bits per heavy atom. The lowest BCUT2D eigenvalue weighted by molar-refractivity contribution is 0.336. The van der Waals surface area contributed by atoms with Crippen molar-refractivity contribution in [2.75, 3.05) is 11.5 Å². The van der Waals surface area contributed by atoms with E-state index in [9.17, 15) is 0 Å². The second-order valence-corrected chi connectivity index (χ2v) is 6.30. The Labute approximate surface area is 107 Å². The summed E-state index contributed by atoms with van der Waals surface area (Å²) < 4.78 is 5.29. The molecule has 5 heteroatoms. The minimum Gasteiger partial charge on any atom is -0.339 e. The zero-order valence-electron chi connectivity index (χ0n) is 10.6. The van der Waals surface area contributed by atoms with Gasteiger partial charge in [0.15, 0.2) is 5.82 Å². The van der Waals surface area contributed by atoms with Gasteiger partial charge in [-0.15, -0.1) is 0 Å². The van der Waals surface area contributed by atoms with E-state index in [0.717, 1.165) is 12.3 Å². The summed E-state index contributed by atoms with van der Waals surface area (Å²) in [5.41, 5.74) is 6.00. The highest BCUT2D eigenvalue weighted by Gasteiger charge is 2.20. The van der Waals surface area contributed by atoms with Crippen molar-refractivity contribution in [2.45, 2.75) is 39.2 Å². The van der Waals surface area contributed by atoms with Crippen LogP contribution >= 0.6 is 11.8 Å². The van der Waals surface area contributed by atoms with Gasteiger partial charge in [0.1, 0.15) is 0 Å². The van der Waals surface area contributed by atoms with Crippen molar-refractivity contribution in [2.24, 2.45) is 17.6 Å². The van der Waals surface area contributed by atoms with Gasteiger partial charge in [-0.3, -0.25) is 0 Å². The van der Waals surface area contributed by atoms with Gasteiger partial charge >= 0.3 is 0 Å². The molecule has 1 fully saturated rings. The van der Waals surface area contributed by atoms with E-state index in [1.54, 1.807) is 0 Å². The predicted molar refractivity (Wildman–Crippen MR) is 69.8 cm³/mol. The second-order valence-electron chi connectivity index (χ2n) is 5.08. The minimum absolute atomic E-state index is 0.116. The van der Waals surface area contributed by atoms with Gasteiger partial charge in [0.05, 0.1) is 6.04 Å². The number of nitrogens with two attached hydrogens (primary N) is 1. The first-order valence-electron chi connectivity index (χ1n) is 6.32. The number of thioether (sulfide) groups is 1. The smallest absolute Gasteiger partial charge is 0.226 e. The number of hydrogen-bond donors (Lipinski definition) is 1. The van der Waals surface area contributed by atoms with E-state index >= 15 is 0 Å². The lowest BCUT2D eigenvalue weighted by Gasteiger charge is -2.19. The Morgan fingerprint density at radius 3 is 2.76 bits per heavy atom. The largest absolute Gasteiger partial charge is 0.339 e. The first-order chi connectivity index (χ1) is 8.16. The normalized spacial score (nSPS) is 19.8. The van der Waals surface area contributed by atoms with Crippen molar-refractivity contribution in [3.63, 3.8) is 0 Å². The second kappa shape index (κ2) is 5.87. The molecule has 1 unspecified atom stereocenters. The number of nitrogens with zero attached hydrogens (tertiary/aromatic N) is 2. The Morgan fingerprint density at radius 1 is 1.41 bits per heavy atom. The van der Waals surface area contributed by atoms with Gasteiger partial charge in [0.25, 0.3) is 0 Å². The number of aromatic nitrogens is 2. The maximum Gasteiger partial charge on any atom is 0.226 e. The van der Waals surface area contributed by atoms with Crippen molar-refractivity contribution in [3.8, 4) is 0 Å². The molecule has 0 aromatic carbocycles. The monoisotopic (exact) mass is 255 g/mol. The van der Waals surface area contributed by atoms with Gasteiger partial charge in [-0.05, 0) is 36.2 Å². The van der Waals surface area contributed by atoms with Crippen LogP contribution in [0.15, 0.2) is 4.52 Å². The Balaban J connectivity index is 1.93. The maximum absolute atomic E-state index is 6.00. The third kappa shape index (κ3) is 3.45. The molecule has 1 aliphatic rings. The highest BCUT2D eigenvalue weighted by Crippen LogP contribution is 2.26. The maximum atomic E-state index is 6.00. The van der Waals surface area contributed by atoms with Gasteiger partial charge in [-0.2, -0.15) is 16.7 Å². The first-order valence-corrected chi connectivity index (χ1v) is 7.48. The summed E-state index contributed by atoms with van der Waals surface area (Å²) in [4.78, 5) is 4.42.